The molecule has 9 nitrogen and oxygen atoms in total. The van der Waals surface area contributed by atoms with Gasteiger partial charge < -0.3 is 15.1 Å². The number of rotatable bonds is 8. The summed E-state index contributed by atoms with van der Waals surface area (Å²) >= 11 is 0. The van der Waals surface area contributed by atoms with E-state index in [9.17, 15) is 14.4 Å². The molecule has 1 aromatic carbocycles. The standard InChI is InChI=1S/C25H36N6O3/c1-18-27-20-9-6-8-19(23(20)25(34)31(18)21-10-11-22(32)28-24(21)33)26-12-4-3-5-14-30-15-7-13-29(2)16-17-30/h6,8-9,21,26H,3-5,7,10-17H2,1-2H3,(H,28,32,33). The van der Waals surface area contributed by atoms with Crippen molar-refractivity contribution in [1.82, 2.24) is 24.7 Å². The average molecular weight is 469 g/mol. The first-order chi connectivity index (χ1) is 16.4. The van der Waals surface area contributed by atoms with Gasteiger partial charge in [0, 0.05) is 31.7 Å². The number of carbonyl (C=O) groups is 2. The lowest BCUT2D eigenvalue weighted by Gasteiger charge is -2.24. The Morgan fingerprint density at radius 1 is 1.09 bits per heavy atom. The van der Waals surface area contributed by atoms with Gasteiger partial charge in [0.1, 0.15) is 11.9 Å². The normalized spacial score (nSPS) is 20.4. The highest BCUT2D eigenvalue weighted by molar-refractivity contribution is 5.99. The number of fused-ring (bicyclic) bond motifs is 1. The zero-order chi connectivity index (χ0) is 24.1. The number of aromatic nitrogens is 2. The zero-order valence-electron chi connectivity index (χ0n) is 20.3. The Hall–Kier alpha value is -2.78. The van der Waals surface area contributed by atoms with Crippen LogP contribution in [-0.2, 0) is 9.59 Å². The van der Waals surface area contributed by atoms with E-state index in [-0.39, 0.29) is 17.9 Å². The molecule has 0 aliphatic carbocycles. The molecule has 2 amide bonds. The maximum Gasteiger partial charge on any atom is 0.264 e. The van der Waals surface area contributed by atoms with E-state index in [1.165, 1.54) is 30.5 Å². The van der Waals surface area contributed by atoms with Crippen LogP contribution < -0.4 is 16.2 Å². The number of benzene rings is 1. The van der Waals surface area contributed by atoms with Crippen molar-refractivity contribution < 1.29 is 9.59 Å². The van der Waals surface area contributed by atoms with Gasteiger partial charge in [-0.3, -0.25) is 24.3 Å². The van der Waals surface area contributed by atoms with E-state index in [2.05, 4.69) is 32.5 Å². The fourth-order valence-corrected chi connectivity index (χ4v) is 4.98. The fourth-order valence-electron chi connectivity index (χ4n) is 4.98. The largest absolute Gasteiger partial charge is 0.384 e. The lowest BCUT2D eigenvalue weighted by molar-refractivity contribution is -0.135. The summed E-state index contributed by atoms with van der Waals surface area (Å²) in [5.74, 6) is -0.265. The highest BCUT2D eigenvalue weighted by Crippen LogP contribution is 2.23. The van der Waals surface area contributed by atoms with Gasteiger partial charge in [0.15, 0.2) is 0 Å². The molecule has 3 heterocycles. The summed E-state index contributed by atoms with van der Waals surface area (Å²) in [6.07, 6.45) is 5.08. The number of anilines is 1. The maximum atomic E-state index is 13.5. The average Bonchev–Trinajstić information content (AvgIpc) is 3.01. The SMILES string of the molecule is Cc1nc2cccc(NCCCCCN3CCCN(C)CC3)c2c(=O)n1C1CCC(=O)NC1=O. The van der Waals surface area contributed by atoms with Crippen molar-refractivity contribution in [2.45, 2.75) is 51.5 Å². The van der Waals surface area contributed by atoms with E-state index < -0.39 is 11.9 Å². The van der Waals surface area contributed by atoms with Crippen molar-refractivity contribution in [2.75, 3.05) is 51.6 Å². The molecule has 4 rings (SSSR count). The van der Waals surface area contributed by atoms with E-state index in [0.29, 0.717) is 23.1 Å². The minimum atomic E-state index is -0.714. The third kappa shape index (κ3) is 5.64. The van der Waals surface area contributed by atoms with E-state index in [0.717, 1.165) is 44.7 Å². The van der Waals surface area contributed by atoms with Crippen molar-refractivity contribution in [2.24, 2.45) is 0 Å². The van der Waals surface area contributed by atoms with Gasteiger partial charge in [-0.25, -0.2) is 4.98 Å². The molecule has 2 fully saturated rings. The van der Waals surface area contributed by atoms with E-state index in [1.54, 1.807) is 6.92 Å². The lowest BCUT2D eigenvalue weighted by Crippen LogP contribution is -2.45. The molecular weight excluding hydrogens is 432 g/mol. The Balaban J connectivity index is 1.38. The number of amides is 2. The number of hydrogen-bond donors (Lipinski definition) is 2. The second-order valence-corrected chi connectivity index (χ2v) is 9.49. The van der Waals surface area contributed by atoms with Crippen LogP contribution in [0.1, 0.15) is 50.4 Å². The monoisotopic (exact) mass is 468 g/mol. The third-order valence-corrected chi connectivity index (χ3v) is 6.91. The summed E-state index contributed by atoms with van der Waals surface area (Å²) in [6, 6.07) is 4.89. The van der Waals surface area contributed by atoms with Gasteiger partial charge in [0.05, 0.1) is 10.9 Å². The van der Waals surface area contributed by atoms with E-state index in [1.807, 2.05) is 18.2 Å². The topological polar surface area (TPSA) is 99.6 Å². The van der Waals surface area contributed by atoms with Crippen LogP contribution in [-0.4, -0.2) is 77.5 Å². The van der Waals surface area contributed by atoms with Crippen LogP contribution in [0.5, 0.6) is 0 Å². The zero-order valence-corrected chi connectivity index (χ0v) is 20.3. The van der Waals surface area contributed by atoms with Crippen LogP contribution in [0.2, 0.25) is 0 Å². The van der Waals surface area contributed by atoms with E-state index in [4.69, 9.17) is 0 Å². The number of unbranched alkanes of at least 4 members (excludes halogenated alkanes) is 2. The molecule has 0 spiro atoms. The number of likely N-dealkylation sites (N-methyl/N-ethyl adjacent to an activating group) is 1. The molecule has 2 aliphatic rings. The van der Waals surface area contributed by atoms with Gasteiger partial charge >= 0.3 is 0 Å². The van der Waals surface area contributed by atoms with Crippen LogP contribution in [0.15, 0.2) is 23.0 Å². The van der Waals surface area contributed by atoms with Gasteiger partial charge in [0.25, 0.3) is 5.56 Å². The number of imide groups is 1. The van der Waals surface area contributed by atoms with Crippen LogP contribution in [0.25, 0.3) is 10.9 Å². The summed E-state index contributed by atoms with van der Waals surface area (Å²) in [5.41, 5.74) is 1.11. The molecule has 9 heteroatoms. The molecule has 2 N–H and O–H groups in total. The molecule has 0 saturated carbocycles. The quantitative estimate of drug-likeness (QED) is 0.451. The van der Waals surface area contributed by atoms with Gasteiger partial charge in [-0.2, -0.15) is 0 Å². The molecule has 1 unspecified atom stereocenters. The van der Waals surface area contributed by atoms with Crippen LogP contribution in [0.4, 0.5) is 5.69 Å². The molecule has 2 saturated heterocycles. The molecule has 1 atom stereocenters. The Morgan fingerprint density at radius 3 is 2.76 bits per heavy atom. The van der Waals surface area contributed by atoms with Gasteiger partial charge in [0.2, 0.25) is 11.8 Å². The van der Waals surface area contributed by atoms with Crippen LogP contribution in [0.3, 0.4) is 0 Å². The molecule has 184 valence electrons. The minimum absolute atomic E-state index is 0.217. The number of nitrogens with zero attached hydrogens (tertiary/aromatic N) is 4. The Kier molecular flexibility index (Phi) is 7.95. The molecule has 34 heavy (non-hydrogen) atoms. The Labute approximate surface area is 200 Å². The molecule has 0 bridgehead atoms. The summed E-state index contributed by atoms with van der Waals surface area (Å²) in [6.45, 7) is 8.31. The first-order valence-corrected chi connectivity index (χ1v) is 12.4. The minimum Gasteiger partial charge on any atom is -0.384 e. The van der Waals surface area contributed by atoms with Crippen LogP contribution in [0, 0.1) is 6.92 Å². The lowest BCUT2D eigenvalue weighted by atomic mass is 10.1. The summed E-state index contributed by atoms with van der Waals surface area (Å²) in [7, 11) is 2.19. The molecule has 2 aliphatic heterocycles. The third-order valence-electron chi connectivity index (χ3n) is 6.91. The number of hydrogen-bond acceptors (Lipinski definition) is 7. The summed E-state index contributed by atoms with van der Waals surface area (Å²) in [4.78, 5) is 47.0. The number of nitrogens with one attached hydrogen (secondary N) is 2. The predicted octanol–water partition coefficient (Wildman–Crippen LogP) is 1.90. The smallest absolute Gasteiger partial charge is 0.264 e. The second-order valence-electron chi connectivity index (χ2n) is 9.49. The highest BCUT2D eigenvalue weighted by Gasteiger charge is 2.30. The van der Waals surface area contributed by atoms with E-state index >= 15 is 0 Å². The van der Waals surface area contributed by atoms with Crippen molar-refractivity contribution in [3.8, 4) is 0 Å². The van der Waals surface area contributed by atoms with Crippen molar-refractivity contribution in [3.05, 3.63) is 34.4 Å². The molecular formula is C25H36N6O3. The summed E-state index contributed by atoms with van der Waals surface area (Å²) < 4.78 is 1.44. The van der Waals surface area contributed by atoms with Crippen molar-refractivity contribution in [1.29, 1.82) is 0 Å². The molecule has 2 aromatic rings. The van der Waals surface area contributed by atoms with Crippen molar-refractivity contribution in [3.63, 3.8) is 0 Å². The highest BCUT2D eigenvalue weighted by atomic mass is 16.2. The summed E-state index contributed by atoms with van der Waals surface area (Å²) in [5, 5.41) is 6.26. The molecule has 0 radical (unpaired) electrons. The first-order valence-electron chi connectivity index (χ1n) is 12.4. The number of aryl methyl sites for hydroxylation is 1. The Morgan fingerprint density at radius 2 is 1.94 bits per heavy atom. The number of piperidine rings is 1. The van der Waals surface area contributed by atoms with Crippen LogP contribution >= 0.6 is 0 Å². The second kappa shape index (κ2) is 11.1. The van der Waals surface area contributed by atoms with Gasteiger partial charge in [-0.1, -0.05) is 12.5 Å². The maximum absolute atomic E-state index is 13.5. The molecule has 1 aromatic heterocycles. The van der Waals surface area contributed by atoms with Gasteiger partial charge in [-0.15, -0.1) is 0 Å². The first kappa shape index (κ1) is 24.3. The van der Waals surface area contributed by atoms with Gasteiger partial charge in [-0.05, 0) is 71.4 Å². The Bertz CT molecular complexity index is 1100. The predicted molar refractivity (Wildman–Crippen MR) is 133 cm³/mol. The number of carbonyl (C=O) groups excluding carboxylic acids is 2. The van der Waals surface area contributed by atoms with Crippen molar-refractivity contribution >= 4 is 28.4 Å². The fraction of sp³-hybridized carbons (Fsp3) is 0.600.